The summed E-state index contributed by atoms with van der Waals surface area (Å²) >= 11 is 0. The second kappa shape index (κ2) is 6.87. The van der Waals surface area contributed by atoms with Crippen LogP contribution >= 0.6 is 0 Å². The van der Waals surface area contributed by atoms with Crippen molar-refractivity contribution < 1.29 is 9.66 Å². The van der Waals surface area contributed by atoms with E-state index in [0.29, 0.717) is 11.7 Å². The van der Waals surface area contributed by atoms with Gasteiger partial charge in [-0.1, -0.05) is 13.0 Å². The van der Waals surface area contributed by atoms with Crippen LogP contribution in [-0.4, -0.2) is 42.2 Å². The fourth-order valence-electron chi connectivity index (χ4n) is 2.76. The van der Waals surface area contributed by atoms with Crippen molar-refractivity contribution in [3.8, 4) is 0 Å². The van der Waals surface area contributed by atoms with Crippen LogP contribution in [0.1, 0.15) is 25.8 Å². The molecule has 0 aromatic heterocycles. The van der Waals surface area contributed by atoms with E-state index in [-0.39, 0.29) is 16.7 Å². The minimum Gasteiger partial charge on any atom is -0.383 e. The van der Waals surface area contributed by atoms with E-state index in [9.17, 15) is 10.1 Å². The Kier molecular flexibility index (Phi) is 5.14. The smallest absolute Gasteiger partial charge is 0.292 e. The van der Waals surface area contributed by atoms with Gasteiger partial charge in [0.1, 0.15) is 5.69 Å². The topological polar surface area (TPSA) is 67.6 Å². The van der Waals surface area contributed by atoms with Gasteiger partial charge in [0.2, 0.25) is 0 Å². The quantitative estimate of drug-likeness (QED) is 0.667. The van der Waals surface area contributed by atoms with E-state index < -0.39 is 0 Å². The summed E-state index contributed by atoms with van der Waals surface area (Å²) in [4.78, 5) is 13.0. The first-order valence-electron chi connectivity index (χ1n) is 7.35. The van der Waals surface area contributed by atoms with Crippen molar-refractivity contribution in [3.05, 3.63) is 33.9 Å². The highest BCUT2D eigenvalue weighted by Gasteiger charge is 2.25. The van der Waals surface area contributed by atoms with Crippen LogP contribution in [0.5, 0.6) is 0 Å². The van der Waals surface area contributed by atoms with Crippen LogP contribution in [0.2, 0.25) is 0 Å². The molecular weight excluding hydrogens is 270 g/mol. The van der Waals surface area contributed by atoms with E-state index in [0.717, 1.165) is 31.7 Å². The number of anilines is 1. The Morgan fingerprint density at radius 2 is 2.29 bits per heavy atom. The number of hydrogen-bond acceptors (Lipinski definition) is 5. The highest BCUT2D eigenvalue weighted by atomic mass is 16.6. The zero-order chi connectivity index (χ0) is 15.4. The summed E-state index contributed by atoms with van der Waals surface area (Å²) in [5, 5.41) is 13.9. The number of hydrogen-bond donors (Lipinski definition) is 1. The molecule has 0 aliphatic carbocycles. The van der Waals surface area contributed by atoms with Crippen LogP contribution in [0.25, 0.3) is 0 Å². The maximum absolute atomic E-state index is 11.0. The monoisotopic (exact) mass is 293 g/mol. The summed E-state index contributed by atoms with van der Waals surface area (Å²) in [6, 6.07) is 5.69. The summed E-state index contributed by atoms with van der Waals surface area (Å²) in [5.74, 6) is 0. The molecule has 1 fully saturated rings. The van der Waals surface area contributed by atoms with E-state index in [1.54, 1.807) is 13.1 Å². The van der Waals surface area contributed by atoms with Gasteiger partial charge in [-0.05, 0) is 25.0 Å². The molecule has 1 aromatic rings. The molecule has 1 aliphatic rings. The van der Waals surface area contributed by atoms with Crippen molar-refractivity contribution in [2.45, 2.75) is 39.0 Å². The zero-order valence-electron chi connectivity index (χ0n) is 12.8. The highest BCUT2D eigenvalue weighted by Crippen LogP contribution is 2.26. The van der Waals surface area contributed by atoms with Gasteiger partial charge in [-0.3, -0.25) is 15.0 Å². The Morgan fingerprint density at radius 3 is 2.90 bits per heavy atom. The predicted molar refractivity (Wildman–Crippen MR) is 82.5 cm³/mol. The van der Waals surface area contributed by atoms with Crippen LogP contribution in [0, 0.1) is 10.1 Å². The Balaban J connectivity index is 2.16. The van der Waals surface area contributed by atoms with Gasteiger partial charge >= 0.3 is 0 Å². The lowest BCUT2D eigenvalue weighted by atomic mass is 10.1. The largest absolute Gasteiger partial charge is 0.383 e. The van der Waals surface area contributed by atoms with Crippen molar-refractivity contribution in [1.82, 2.24) is 4.90 Å². The first kappa shape index (κ1) is 15.7. The number of nitrogens with one attached hydrogen (secondary N) is 1. The Hall–Kier alpha value is -1.66. The third-order valence-corrected chi connectivity index (χ3v) is 3.97. The van der Waals surface area contributed by atoms with E-state index in [2.05, 4.69) is 24.1 Å². The van der Waals surface area contributed by atoms with Crippen LogP contribution < -0.4 is 5.32 Å². The van der Waals surface area contributed by atoms with Crippen molar-refractivity contribution >= 4 is 11.4 Å². The predicted octanol–water partition coefficient (Wildman–Crippen LogP) is 2.64. The van der Waals surface area contributed by atoms with Crippen molar-refractivity contribution in [1.29, 1.82) is 0 Å². The molecule has 0 spiro atoms. The number of morpholine rings is 1. The summed E-state index contributed by atoms with van der Waals surface area (Å²) in [6.07, 6.45) is 1.27. The molecule has 1 heterocycles. The number of nitro benzene ring substituents is 1. The van der Waals surface area contributed by atoms with Gasteiger partial charge in [-0.25, -0.2) is 0 Å². The second-order valence-corrected chi connectivity index (χ2v) is 5.49. The molecule has 1 saturated heterocycles. The molecule has 21 heavy (non-hydrogen) atoms. The maximum Gasteiger partial charge on any atom is 0.292 e. The molecule has 116 valence electrons. The van der Waals surface area contributed by atoms with Crippen molar-refractivity contribution in [3.63, 3.8) is 0 Å². The van der Waals surface area contributed by atoms with Gasteiger partial charge in [0.15, 0.2) is 0 Å². The van der Waals surface area contributed by atoms with Gasteiger partial charge in [-0.15, -0.1) is 0 Å². The molecule has 6 heteroatoms. The van der Waals surface area contributed by atoms with E-state index >= 15 is 0 Å². The molecule has 2 atom stereocenters. The van der Waals surface area contributed by atoms with Gasteiger partial charge in [0.05, 0.1) is 17.6 Å². The minimum absolute atomic E-state index is 0.114. The third-order valence-electron chi connectivity index (χ3n) is 3.97. The first-order valence-corrected chi connectivity index (χ1v) is 7.35. The molecule has 2 unspecified atom stereocenters. The number of ether oxygens (including phenoxy) is 1. The summed E-state index contributed by atoms with van der Waals surface area (Å²) < 4.78 is 5.70. The summed E-state index contributed by atoms with van der Waals surface area (Å²) in [5.41, 5.74) is 1.76. The second-order valence-electron chi connectivity index (χ2n) is 5.49. The third kappa shape index (κ3) is 3.71. The minimum atomic E-state index is -0.360. The first-order chi connectivity index (χ1) is 10.0. The van der Waals surface area contributed by atoms with Gasteiger partial charge in [0, 0.05) is 32.2 Å². The lowest BCUT2D eigenvalue weighted by Gasteiger charge is -2.38. The van der Waals surface area contributed by atoms with Gasteiger partial charge in [0.25, 0.3) is 5.69 Å². The van der Waals surface area contributed by atoms with Crippen LogP contribution in [0.4, 0.5) is 11.4 Å². The van der Waals surface area contributed by atoms with Crippen LogP contribution in [0.3, 0.4) is 0 Å². The van der Waals surface area contributed by atoms with Crippen LogP contribution in [-0.2, 0) is 11.3 Å². The van der Waals surface area contributed by atoms with Gasteiger partial charge in [-0.2, -0.15) is 0 Å². The number of benzene rings is 1. The lowest BCUT2D eigenvalue weighted by molar-refractivity contribution is -0.384. The van der Waals surface area contributed by atoms with E-state index in [1.807, 2.05) is 12.1 Å². The van der Waals surface area contributed by atoms with Crippen molar-refractivity contribution in [2.75, 3.05) is 25.5 Å². The highest BCUT2D eigenvalue weighted by molar-refractivity contribution is 5.62. The molecule has 0 bridgehead atoms. The lowest BCUT2D eigenvalue weighted by Crippen LogP contribution is -2.47. The molecule has 1 aromatic carbocycles. The van der Waals surface area contributed by atoms with Crippen LogP contribution in [0.15, 0.2) is 18.2 Å². The molecule has 6 nitrogen and oxygen atoms in total. The maximum atomic E-state index is 11.0. The number of nitro groups is 1. The standard InChI is InChI=1S/C15H23N3O3/c1-4-13-10-21-11(2)8-17(13)9-12-5-6-15(18(19)20)14(7-12)16-3/h5-7,11,13,16H,4,8-10H2,1-3H3. The molecule has 1 aliphatic heterocycles. The SMILES string of the molecule is CCC1COC(C)CN1Cc1ccc([N+](=O)[O-])c(NC)c1. The van der Waals surface area contributed by atoms with Crippen molar-refractivity contribution in [2.24, 2.45) is 0 Å². The molecule has 0 amide bonds. The fourth-order valence-corrected chi connectivity index (χ4v) is 2.76. The Morgan fingerprint density at radius 1 is 1.52 bits per heavy atom. The average Bonchev–Trinajstić information content (AvgIpc) is 2.47. The van der Waals surface area contributed by atoms with Gasteiger partial charge < -0.3 is 10.1 Å². The zero-order valence-corrected chi connectivity index (χ0v) is 12.8. The summed E-state index contributed by atoms with van der Waals surface area (Å²) in [7, 11) is 1.71. The van der Waals surface area contributed by atoms with E-state index in [4.69, 9.17) is 4.74 Å². The molecule has 1 N–H and O–H groups in total. The number of nitrogens with zero attached hydrogens (tertiary/aromatic N) is 2. The fraction of sp³-hybridized carbons (Fsp3) is 0.600. The molecule has 0 saturated carbocycles. The number of rotatable bonds is 5. The molecule has 2 rings (SSSR count). The Bertz CT molecular complexity index is 507. The summed E-state index contributed by atoms with van der Waals surface area (Å²) in [6.45, 7) is 6.67. The molecule has 0 radical (unpaired) electrons. The Labute approximate surface area is 125 Å². The average molecular weight is 293 g/mol. The normalized spacial score (nSPS) is 23.0. The van der Waals surface area contributed by atoms with E-state index in [1.165, 1.54) is 0 Å². The molecular formula is C15H23N3O3.